The molecule has 0 spiro atoms. The summed E-state index contributed by atoms with van der Waals surface area (Å²) in [5.74, 6) is 0.196. The van der Waals surface area contributed by atoms with Gasteiger partial charge in [0.15, 0.2) is 0 Å². The van der Waals surface area contributed by atoms with Gasteiger partial charge in [-0.1, -0.05) is 0 Å². The Morgan fingerprint density at radius 1 is 1.36 bits per heavy atom. The molecule has 2 heterocycles. The molecule has 0 aliphatic carbocycles. The molecule has 1 amide bonds. The maximum Gasteiger partial charge on any atom is 0.292 e. The third-order valence-corrected chi connectivity index (χ3v) is 5.43. The standard InChI is InChI=1S/C18H26N4O3/c1-12(2)20(3)18(23)13-7-10-21(11-8-13)17-14-6-9-19-15(14)4-5-16(17)22(24)25/h4-5,12-13,19H,6-11H2,1-3H3. The van der Waals surface area contributed by atoms with Crippen LogP contribution in [0.2, 0.25) is 0 Å². The number of fused-ring (bicyclic) bond motifs is 1. The van der Waals surface area contributed by atoms with Crippen LogP contribution in [0.3, 0.4) is 0 Å². The number of anilines is 2. The van der Waals surface area contributed by atoms with E-state index in [1.807, 2.05) is 20.9 Å². The highest BCUT2D eigenvalue weighted by Crippen LogP contribution is 2.41. The van der Waals surface area contributed by atoms with Crippen molar-refractivity contribution in [3.8, 4) is 0 Å². The van der Waals surface area contributed by atoms with Crippen LogP contribution in [0, 0.1) is 16.0 Å². The SMILES string of the molecule is CC(C)N(C)C(=O)C1CCN(c2c([N+](=O)[O-])ccc3c2CCN3)CC1. The van der Waals surface area contributed by atoms with E-state index >= 15 is 0 Å². The number of nitrogens with one attached hydrogen (secondary N) is 1. The molecule has 1 fully saturated rings. The molecule has 136 valence electrons. The molecule has 0 aromatic heterocycles. The van der Waals surface area contributed by atoms with Crippen molar-refractivity contribution in [2.75, 3.05) is 36.9 Å². The molecule has 2 aliphatic rings. The zero-order valence-corrected chi connectivity index (χ0v) is 15.1. The number of nitro groups is 1. The largest absolute Gasteiger partial charge is 0.384 e. The predicted octanol–water partition coefficient (Wildman–Crippen LogP) is 2.65. The highest BCUT2D eigenvalue weighted by atomic mass is 16.6. The zero-order valence-electron chi connectivity index (χ0n) is 15.1. The summed E-state index contributed by atoms with van der Waals surface area (Å²) in [4.78, 5) is 27.6. The molecular weight excluding hydrogens is 320 g/mol. The highest BCUT2D eigenvalue weighted by molar-refractivity contribution is 5.81. The lowest BCUT2D eigenvalue weighted by Gasteiger charge is -2.36. The average molecular weight is 346 g/mol. The van der Waals surface area contributed by atoms with Gasteiger partial charge in [0.05, 0.1) is 4.92 Å². The molecule has 1 saturated heterocycles. The fourth-order valence-corrected chi connectivity index (χ4v) is 3.76. The van der Waals surface area contributed by atoms with Crippen molar-refractivity contribution in [1.29, 1.82) is 0 Å². The molecule has 0 unspecified atom stereocenters. The fourth-order valence-electron chi connectivity index (χ4n) is 3.76. The minimum Gasteiger partial charge on any atom is -0.384 e. The van der Waals surface area contributed by atoms with Crippen LogP contribution in [0.5, 0.6) is 0 Å². The number of carbonyl (C=O) groups is 1. The Morgan fingerprint density at radius 2 is 2.04 bits per heavy atom. The van der Waals surface area contributed by atoms with Gasteiger partial charge < -0.3 is 15.1 Å². The topological polar surface area (TPSA) is 78.7 Å². The van der Waals surface area contributed by atoms with E-state index in [9.17, 15) is 14.9 Å². The molecule has 7 heteroatoms. The van der Waals surface area contributed by atoms with Crippen LogP contribution < -0.4 is 10.2 Å². The molecule has 0 atom stereocenters. The van der Waals surface area contributed by atoms with Gasteiger partial charge in [-0.3, -0.25) is 14.9 Å². The second-order valence-corrected chi connectivity index (χ2v) is 7.20. The molecule has 0 radical (unpaired) electrons. The predicted molar refractivity (Wildman–Crippen MR) is 98.1 cm³/mol. The second-order valence-electron chi connectivity index (χ2n) is 7.20. The van der Waals surface area contributed by atoms with Crippen molar-refractivity contribution >= 4 is 23.0 Å². The quantitative estimate of drug-likeness (QED) is 0.670. The third kappa shape index (κ3) is 3.27. The van der Waals surface area contributed by atoms with E-state index in [0.29, 0.717) is 13.1 Å². The van der Waals surface area contributed by atoms with Crippen molar-refractivity contribution in [1.82, 2.24) is 4.90 Å². The van der Waals surface area contributed by atoms with Gasteiger partial charge in [0, 0.05) is 56.0 Å². The number of hydrogen-bond donors (Lipinski definition) is 1. The van der Waals surface area contributed by atoms with Crippen LogP contribution in [0.1, 0.15) is 32.3 Å². The summed E-state index contributed by atoms with van der Waals surface area (Å²) in [6.07, 6.45) is 2.29. The van der Waals surface area contributed by atoms with E-state index in [1.54, 1.807) is 17.0 Å². The van der Waals surface area contributed by atoms with Gasteiger partial charge in [-0.2, -0.15) is 0 Å². The van der Waals surface area contributed by atoms with Crippen molar-refractivity contribution in [2.45, 2.75) is 39.2 Å². The minimum atomic E-state index is -0.294. The van der Waals surface area contributed by atoms with E-state index < -0.39 is 0 Å². The van der Waals surface area contributed by atoms with Gasteiger partial charge >= 0.3 is 0 Å². The normalized spacial score (nSPS) is 17.4. The van der Waals surface area contributed by atoms with Crippen LogP contribution in [0.4, 0.5) is 17.1 Å². The number of benzene rings is 1. The molecule has 7 nitrogen and oxygen atoms in total. The van der Waals surface area contributed by atoms with Gasteiger partial charge in [0.25, 0.3) is 5.69 Å². The van der Waals surface area contributed by atoms with E-state index in [1.165, 1.54) is 0 Å². The smallest absolute Gasteiger partial charge is 0.292 e. The zero-order chi connectivity index (χ0) is 18.1. The molecule has 1 N–H and O–H groups in total. The Bertz CT molecular complexity index is 681. The Balaban J connectivity index is 1.79. The van der Waals surface area contributed by atoms with Crippen molar-refractivity contribution in [3.05, 3.63) is 27.8 Å². The fraction of sp³-hybridized carbons (Fsp3) is 0.611. The average Bonchev–Trinajstić information content (AvgIpc) is 3.08. The van der Waals surface area contributed by atoms with E-state index in [2.05, 4.69) is 10.2 Å². The van der Waals surface area contributed by atoms with Gasteiger partial charge in [-0.05, 0) is 39.2 Å². The summed E-state index contributed by atoms with van der Waals surface area (Å²) in [7, 11) is 1.85. The Morgan fingerprint density at radius 3 is 2.64 bits per heavy atom. The third-order valence-electron chi connectivity index (χ3n) is 5.43. The van der Waals surface area contributed by atoms with E-state index in [0.717, 1.165) is 42.7 Å². The maximum absolute atomic E-state index is 12.5. The summed E-state index contributed by atoms with van der Waals surface area (Å²) in [6.45, 7) is 6.20. The van der Waals surface area contributed by atoms with Crippen LogP contribution >= 0.6 is 0 Å². The summed E-state index contributed by atoms with van der Waals surface area (Å²) >= 11 is 0. The van der Waals surface area contributed by atoms with Gasteiger partial charge in [-0.25, -0.2) is 0 Å². The summed E-state index contributed by atoms with van der Waals surface area (Å²) in [6, 6.07) is 3.59. The molecule has 25 heavy (non-hydrogen) atoms. The molecule has 1 aromatic rings. The van der Waals surface area contributed by atoms with Gasteiger partial charge in [0.2, 0.25) is 5.91 Å². The van der Waals surface area contributed by atoms with Crippen molar-refractivity contribution in [2.24, 2.45) is 5.92 Å². The lowest BCUT2D eigenvalue weighted by molar-refractivity contribution is -0.384. The van der Waals surface area contributed by atoms with Crippen molar-refractivity contribution in [3.63, 3.8) is 0 Å². The highest BCUT2D eigenvalue weighted by Gasteiger charge is 2.33. The van der Waals surface area contributed by atoms with Crippen LogP contribution in [-0.4, -0.2) is 48.5 Å². The maximum atomic E-state index is 12.5. The minimum absolute atomic E-state index is 0.0117. The Hall–Kier alpha value is -2.31. The van der Waals surface area contributed by atoms with Gasteiger partial charge in [0.1, 0.15) is 5.69 Å². The van der Waals surface area contributed by atoms with Gasteiger partial charge in [-0.15, -0.1) is 0 Å². The number of amides is 1. The summed E-state index contributed by atoms with van der Waals surface area (Å²) in [5.41, 5.74) is 2.96. The molecule has 2 aliphatic heterocycles. The monoisotopic (exact) mass is 346 g/mol. The molecule has 0 bridgehead atoms. The molecule has 3 rings (SSSR count). The number of rotatable bonds is 4. The number of nitrogens with zero attached hydrogens (tertiary/aromatic N) is 3. The molecular formula is C18H26N4O3. The number of nitro benzene ring substituents is 1. The van der Waals surface area contributed by atoms with Crippen LogP contribution in [0.25, 0.3) is 0 Å². The lowest BCUT2D eigenvalue weighted by atomic mass is 9.93. The van der Waals surface area contributed by atoms with E-state index in [4.69, 9.17) is 0 Å². The Labute approximate surface area is 148 Å². The van der Waals surface area contributed by atoms with Crippen molar-refractivity contribution < 1.29 is 9.72 Å². The first-order valence-corrected chi connectivity index (χ1v) is 8.96. The number of piperidine rings is 1. The first-order valence-electron chi connectivity index (χ1n) is 8.96. The number of hydrogen-bond acceptors (Lipinski definition) is 5. The lowest BCUT2D eigenvalue weighted by Crippen LogP contribution is -2.43. The Kier molecular flexibility index (Phi) is 4.83. The first kappa shape index (κ1) is 17.5. The molecule has 0 saturated carbocycles. The van der Waals surface area contributed by atoms with Crippen LogP contribution in [-0.2, 0) is 11.2 Å². The summed E-state index contributed by atoms with van der Waals surface area (Å²) < 4.78 is 0. The first-order chi connectivity index (χ1) is 11.9. The van der Waals surface area contributed by atoms with Crippen LogP contribution in [0.15, 0.2) is 12.1 Å². The summed E-state index contributed by atoms with van der Waals surface area (Å²) in [5, 5.41) is 14.8. The second kappa shape index (κ2) is 6.90. The number of carbonyl (C=O) groups excluding carboxylic acids is 1. The molecule has 1 aromatic carbocycles. The van der Waals surface area contributed by atoms with E-state index in [-0.39, 0.29) is 28.5 Å².